The van der Waals surface area contributed by atoms with E-state index < -0.39 is 0 Å². The minimum Gasteiger partial charge on any atom is -0.508 e. The zero-order chi connectivity index (χ0) is 11.7. The van der Waals surface area contributed by atoms with Gasteiger partial charge >= 0.3 is 0 Å². The number of aromatic hydroxyl groups is 1. The van der Waals surface area contributed by atoms with Crippen LogP contribution in [-0.4, -0.2) is 22.7 Å². The molecule has 0 saturated heterocycles. The van der Waals surface area contributed by atoms with Gasteiger partial charge in [-0.3, -0.25) is 0 Å². The molecule has 0 heterocycles. The van der Waals surface area contributed by atoms with Gasteiger partial charge in [0.1, 0.15) is 18.3 Å². The molecule has 0 spiro atoms. The maximum Gasteiger partial charge on any atom is 0.162 e. The van der Waals surface area contributed by atoms with E-state index in [4.69, 9.17) is 0 Å². The molecule has 84 valence electrons. The highest BCUT2D eigenvalue weighted by Gasteiger charge is 2.15. The molecular weight excluding hydrogens is 220 g/mol. The van der Waals surface area contributed by atoms with E-state index in [2.05, 4.69) is 12.5 Å². The van der Waals surface area contributed by atoms with Crippen LogP contribution >= 0.6 is 0 Å². The maximum atomic E-state index is 9.52. The number of fused-ring (bicyclic) bond motifs is 1. The molecule has 0 aromatic heterocycles. The van der Waals surface area contributed by atoms with Crippen LogP contribution in [0.4, 0.5) is 0 Å². The van der Waals surface area contributed by atoms with Gasteiger partial charge in [0.15, 0.2) is 4.90 Å². The van der Waals surface area contributed by atoms with Crippen LogP contribution in [0.25, 0.3) is 10.8 Å². The number of rotatable bonds is 2. The van der Waals surface area contributed by atoms with Crippen molar-refractivity contribution in [2.75, 3.05) is 12.5 Å². The first kappa shape index (κ1) is 11.3. The van der Waals surface area contributed by atoms with Crippen molar-refractivity contribution in [2.45, 2.75) is 11.5 Å². The van der Waals surface area contributed by atoms with Crippen molar-refractivity contribution < 1.29 is 10.2 Å². The Balaban J connectivity index is 2.77. The first-order valence-electron chi connectivity index (χ1n) is 5.06. The van der Waals surface area contributed by atoms with Gasteiger partial charge in [0.05, 0.1) is 6.61 Å². The molecule has 0 bridgehead atoms. The van der Waals surface area contributed by atoms with Gasteiger partial charge < -0.3 is 10.2 Å². The van der Waals surface area contributed by atoms with Crippen molar-refractivity contribution in [3.05, 3.63) is 35.9 Å². The van der Waals surface area contributed by atoms with Crippen LogP contribution in [0, 0.1) is 0 Å². The molecule has 0 amide bonds. The van der Waals surface area contributed by atoms with E-state index >= 15 is 0 Å². The predicted octanol–water partition coefficient (Wildman–Crippen LogP) is 2.27. The number of aliphatic hydroxyl groups is 1. The first-order valence-corrected chi connectivity index (χ1v) is 7.10. The van der Waals surface area contributed by atoms with Gasteiger partial charge in [0.25, 0.3) is 0 Å². The van der Waals surface area contributed by atoms with Crippen LogP contribution in [0.3, 0.4) is 0 Å². The van der Waals surface area contributed by atoms with Crippen molar-refractivity contribution in [3.8, 4) is 5.75 Å². The topological polar surface area (TPSA) is 40.5 Å². The van der Waals surface area contributed by atoms with E-state index in [-0.39, 0.29) is 23.3 Å². The summed E-state index contributed by atoms with van der Waals surface area (Å²) in [5.74, 6) is 0.288. The summed E-state index contributed by atoms with van der Waals surface area (Å²) in [4.78, 5) is 1.19. The largest absolute Gasteiger partial charge is 0.508 e. The zero-order valence-corrected chi connectivity index (χ0v) is 10.2. The number of aliphatic hydroxyl groups excluding tert-OH is 1. The fraction of sp³-hybridized carbons (Fsp3) is 0.231. The zero-order valence-electron chi connectivity index (χ0n) is 9.40. The Morgan fingerprint density at radius 1 is 1.12 bits per heavy atom. The average molecular weight is 235 g/mol. The Kier molecular flexibility index (Phi) is 3.08. The Morgan fingerprint density at radius 3 is 2.50 bits per heavy atom. The molecule has 2 aromatic rings. The molecule has 0 aliphatic carbocycles. The molecule has 2 rings (SSSR count). The Hall–Kier alpha value is -1.19. The normalized spacial score (nSPS) is 11.2. The van der Waals surface area contributed by atoms with Crippen molar-refractivity contribution in [1.82, 2.24) is 0 Å². The molecule has 2 aromatic carbocycles. The number of benzene rings is 2. The third-order valence-corrected chi connectivity index (χ3v) is 3.80. The second kappa shape index (κ2) is 4.36. The van der Waals surface area contributed by atoms with Gasteiger partial charge in [-0.15, -0.1) is 0 Å². The summed E-state index contributed by atoms with van der Waals surface area (Å²) in [6, 6.07) is 9.34. The summed E-state index contributed by atoms with van der Waals surface area (Å²) in [6.07, 6.45) is 4.28. The van der Waals surface area contributed by atoms with E-state index in [9.17, 15) is 10.2 Å². The van der Waals surface area contributed by atoms with E-state index in [0.29, 0.717) is 0 Å². The second-order valence-electron chi connectivity index (χ2n) is 3.97. The third kappa shape index (κ3) is 2.01. The van der Waals surface area contributed by atoms with Crippen LogP contribution < -0.4 is 0 Å². The quantitative estimate of drug-likeness (QED) is 0.784. The SMILES string of the molecule is C[S+](C)c1cc(CO)cc2ccc(O)cc12. The Morgan fingerprint density at radius 2 is 1.88 bits per heavy atom. The van der Waals surface area contributed by atoms with Gasteiger partial charge in [-0.2, -0.15) is 0 Å². The number of phenols is 1. The van der Waals surface area contributed by atoms with Crippen molar-refractivity contribution in [2.24, 2.45) is 0 Å². The lowest BCUT2D eigenvalue weighted by molar-refractivity contribution is 0.282. The average Bonchev–Trinajstić information content (AvgIpc) is 2.27. The third-order valence-electron chi connectivity index (χ3n) is 2.58. The standard InChI is InChI=1S/C13H14O2S/c1-16(2)13-6-9(8-14)5-10-3-4-11(15)7-12(10)13/h3-7,14H,8H2,1-2H3/p+1. The van der Waals surface area contributed by atoms with Crippen LogP contribution in [0.2, 0.25) is 0 Å². The van der Waals surface area contributed by atoms with Crippen LogP contribution in [-0.2, 0) is 17.5 Å². The summed E-state index contributed by atoms with van der Waals surface area (Å²) < 4.78 is 0. The lowest BCUT2D eigenvalue weighted by Crippen LogP contribution is -1.99. The number of hydrogen-bond donors (Lipinski definition) is 2. The highest BCUT2D eigenvalue weighted by atomic mass is 32.2. The summed E-state index contributed by atoms with van der Waals surface area (Å²) in [7, 11) is 0.104. The minimum absolute atomic E-state index is 0.0566. The summed E-state index contributed by atoms with van der Waals surface area (Å²) in [5.41, 5.74) is 0.925. The van der Waals surface area contributed by atoms with Crippen LogP contribution in [0.15, 0.2) is 35.2 Å². The molecule has 0 atom stereocenters. The van der Waals surface area contributed by atoms with E-state index in [1.54, 1.807) is 12.1 Å². The Bertz CT molecular complexity index is 521. The molecule has 0 unspecified atom stereocenters. The van der Waals surface area contributed by atoms with E-state index in [0.717, 1.165) is 16.3 Å². The highest BCUT2D eigenvalue weighted by Crippen LogP contribution is 2.28. The highest BCUT2D eigenvalue weighted by molar-refractivity contribution is 7.95. The molecule has 0 aliphatic rings. The van der Waals surface area contributed by atoms with E-state index in [1.807, 2.05) is 18.2 Å². The second-order valence-corrected chi connectivity index (χ2v) is 6.05. The molecule has 0 fully saturated rings. The maximum absolute atomic E-state index is 9.52. The molecule has 2 nitrogen and oxygen atoms in total. The van der Waals surface area contributed by atoms with E-state index in [1.165, 1.54) is 4.90 Å². The predicted molar refractivity (Wildman–Crippen MR) is 69.0 cm³/mol. The Labute approximate surface area is 97.9 Å². The summed E-state index contributed by atoms with van der Waals surface area (Å²) >= 11 is 0. The summed E-state index contributed by atoms with van der Waals surface area (Å²) in [5, 5.41) is 20.9. The number of phenolic OH excluding ortho intramolecular Hbond substituents is 1. The van der Waals surface area contributed by atoms with Gasteiger partial charge in [-0.1, -0.05) is 6.07 Å². The minimum atomic E-state index is 0.0566. The van der Waals surface area contributed by atoms with Gasteiger partial charge in [-0.25, -0.2) is 0 Å². The molecule has 0 aliphatic heterocycles. The van der Waals surface area contributed by atoms with Crippen LogP contribution in [0.1, 0.15) is 5.56 Å². The molecule has 16 heavy (non-hydrogen) atoms. The van der Waals surface area contributed by atoms with Crippen molar-refractivity contribution >= 4 is 21.7 Å². The fourth-order valence-electron chi connectivity index (χ4n) is 1.80. The smallest absolute Gasteiger partial charge is 0.162 e. The molecule has 0 radical (unpaired) electrons. The van der Waals surface area contributed by atoms with Gasteiger partial charge in [-0.05, 0) is 35.2 Å². The fourth-order valence-corrected chi connectivity index (χ4v) is 2.80. The van der Waals surface area contributed by atoms with Crippen LogP contribution in [0.5, 0.6) is 5.75 Å². The molecule has 2 N–H and O–H groups in total. The lowest BCUT2D eigenvalue weighted by Gasteiger charge is -2.06. The summed E-state index contributed by atoms with van der Waals surface area (Å²) in [6.45, 7) is 0.0566. The molecule has 3 heteroatoms. The monoisotopic (exact) mass is 235 g/mol. The van der Waals surface area contributed by atoms with Gasteiger partial charge in [0.2, 0.25) is 0 Å². The van der Waals surface area contributed by atoms with Crippen molar-refractivity contribution in [1.29, 1.82) is 0 Å². The molecule has 0 saturated carbocycles. The number of hydrogen-bond acceptors (Lipinski definition) is 2. The first-order chi connectivity index (χ1) is 7.61. The lowest BCUT2D eigenvalue weighted by atomic mass is 10.1. The van der Waals surface area contributed by atoms with Gasteiger partial charge in [0, 0.05) is 16.3 Å². The molecular formula is C13H15O2S+. The van der Waals surface area contributed by atoms with Crippen molar-refractivity contribution in [3.63, 3.8) is 0 Å².